The molecule has 0 aliphatic carbocycles. The number of ether oxygens (including phenoxy) is 1. The summed E-state index contributed by atoms with van der Waals surface area (Å²) in [7, 11) is 1.65. The third kappa shape index (κ3) is 2.63. The Labute approximate surface area is 90.0 Å². The van der Waals surface area contributed by atoms with Gasteiger partial charge in [-0.05, 0) is 42.6 Å². The fourth-order valence-electron chi connectivity index (χ4n) is 1.43. The summed E-state index contributed by atoms with van der Waals surface area (Å²) in [6.45, 7) is 2.79. The van der Waals surface area contributed by atoms with Crippen LogP contribution in [0.15, 0.2) is 18.2 Å². The topological polar surface area (TPSA) is 35.2 Å². The number of hydrogen-bond donors (Lipinski definition) is 1. The number of benzene rings is 1. The zero-order valence-electron chi connectivity index (χ0n) is 8.59. The van der Waals surface area contributed by atoms with Crippen LogP contribution in [-0.2, 0) is 0 Å². The van der Waals surface area contributed by atoms with E-state index in [4.69, 9.17) is 22.1 Å². The van der Waals surface area contributed by atoms with Crippen molar-refractivity contribution in [2.45, 2.75) is 19.3 Å². The summed E-state index contributed by atoms with van der Waals surface area (Å²) in [6, 6.07) is 5.70. The molecule has 1 rings (SSSR count). The third-order valence-electron chi connectivity index (χ3n) is 2.33. The molecule has 14 heavy (non-hydrogen) atoms. The second-order valence-corrected chi connectivity index (χ2v) is 3.77. The Kier molecular flexibility index (Phi) is 4.23. The van der Waals surface area contributed by atoms with Gasteiger partial charge in [-0.3, -0.25) is 0 Å². The van der Waals surface area contributed by atoms with Gasteiger partial charge >= 0.3 is 0 Å². The van der Waals surface area contributed by atoms with E-state index in [1.807, 2.05) is 18.2 Å². The predicted molar refractivity (Wildman–Crippen MR) is 60.1 cm³/mol. The molecule has 2 N–H and O–H groups in total. The summed E-state index contributed by atoms with van der Waals surface area (Å²) in [5, 5.41) is 0.784. The summed E-state index contributed by atoms with van der Waals surface area (Å²) >= 11 is 6.09. The van der Waals surface area contributed by atoms with Gasteiger partial charge in [0.1, 0.15) is 5.75 Å². The van der Waals surface area contributed by atoms with Gasteiger partial charge in [0, 0.05) is 5.02 Å². The van der Waals surface area contributed by atoms with E-state index < -0.39 is 0 Å². The molecule has 0 saturated carbocycles. The van der Waals surface area contributed by atoms with Crippen molar-refractivity contribution in [1.82, 2.24) is 0 Å². The van der Waals surface area contributed by atoms with Gasteiger partial charge in [0.2, 0.25) is 0 Å². The molecule has 0 aliphatic rings. The molecule has 0 aromatic heterocycles. The van der Waals surface area contributed by atoms with E-state index in [2.05, 4.69) is 6.92 Å². The summed E-state index contributed by atoms with van der Waals surface area (Å²) in [5.74, 6) is 1.22. The maximum atomic E-state index is 6.09. The summed E-state index contributed by atoms with van der Waals surface area (Å²) in [6.07, 6.45) is 0.937. The first-order chi connectivity index (χ1) is 6.69. The average molecular weight is 214 g/mol. The highest BCUT2D eigenvalue weighted by Crippen LogP contribution is 2.29. The highest BCUT2D eigenvalue weighted by molar-refractivity contribution is 6.31. The van der Waals surface area contributed by atoms with E-state index in [1.54, 1.807) is 7.11 Å². The molecule has 1 aromatic rings. The van der Waals surface area contributed by atoms with Crippen LogP contribution in [0.25, 0.3) is 0 Å². The number of methoxy groups -OCH3 is 1. The first kappa shape index (κ1) is 11.3. The van der Waals surface area contributed by atoms with E-state index >= 15 is 0 Å². The van der Waals surface area contributed by atoms with Crippen LogP contribution in [-0.4, -0.2) is 13.7 Å². The molecule has 2 nitrogen and oxygen atoms in total. The normalized spacial score (nSPS) is 12.6. The minimum Gasteiger partial charge on any atom is -0.497 e. The van der Waals surface area contributed by atoms with Crippen LogP contribution in [0, 0.1) is 0 Å². The van der Waals surface area contributed by atoms with Crippen LogP contribution in [0.2, 0.25) is 5.02 Å². The molecular weight excluding hydrogens is 198 g/mol. The fraction of sp³-hybridized carbons (Fsp3) is 0.455. The van der Waals surface area contributed by atoms with Crippen LogP contribution in [0.1, 0.15) is 24.8 Å². The van der Waals surface area contributed by atoms with Gasteiger partial charge in [-0.25, -0.2) is 0 Å². The molecule has 1 atom stereocenters. The smallest absolute Gasteiger partial charge is 0.119 e. The van der Waals surface area contributed by atoms with E-state index in [0.717, 1.165) is 22.8 Å². The van der Waals surface area contributed by atoms with Gasteiger partial charge in [0.05, 0.1) is 7.11 Å². The molecule has 0 aliphatic heterocycles. The van der Waals surface area contributed by atoms with Crippen LogP contribution in [0.4, 0.5) is 0 Å². The maximum Gasteiger partial charge on any atom is 0.119 e. The van der Waals surface area contributed by atoms with Crippen molar-refractivity contribution in [3.05, 3.63) is 28.8 Å². The minimum absolute atomic E-state index is 0.377. The molecule has 0 saturated heterocycles. The summed E-state index contributed by atoms with van der Waals surface area (Å²) in [4.78, 5) is 0. The molecule has 0 radical (unpaired) electrons. The molecule has 1 aromatic carbocycles. The second kappa shape index (κ2) is 5.23. The maximum absolute atomic E-state index is 6.09. The lowest BCUT2D eigenvalue weighted by atomic mass is 9.97. The SMILES string of the molecule is COc1ccc(Cl)c(C(C)CCN)c1. The number of nitrogens with two attached hydrogens (primary N) is 1. The average Bonchev–Trinajstić information content (AvgIpc) is 2.19. The molecule has 1 unspecified atom stereocenters. The van der Waals surface area contributed by atoms with Crippen LogP contribution < -0.4 is 10.5 Å². The highest BCUT2D eigenvalue weighted by Gasteiger charge is 2.09. The first-order valence-corrected chi connectivity index (χ1v) is 5.10. The van der Waals surface area contributed by atoms with Crippen molar-refractivity contribution in [1.29, 1.82) is 0 Å². The fourth-order valence-corrected chi connectivity index (χ4v) is 1.74. The van der Waals surface area contributed by atoms with Crippen molar-refractivity contribution in [3.8, 4) is 5.75 Å². The van der Waals surface area contributed by atoms with Crippen molar-refractivity contribution in [3.63, 3.8) is 0 Å². The molecular formula is C11H16ClNO. The van der Waals surface area contributed by atoms with Gasteiger partial charge < -0.3 is 10.5 Å². The van der Waals surface area contributed by atoms with Crippen molar-refractivity contribution in [2.24, 2.45) is 5.73 Å². The van der Waals surface area contributed by atoms with Gasteiger partial charge in [-0.1, -0.05) is 18.5 Å². The molecule has 78 valence electrons. The van der Waals surface area contributed by atoms with Crippen molar-refractivity contribution in [2.75, 3.05) is 13.7 Å². The molecule has 0 amide bonds. The standard InChI is InChI=1S/C11H16ClNO/c1-8(5-6-13)10-7-9(14-2)3-4-11(10)12/h3-4,7-8H,5-6,13H2,1-2H3. The minimum atomic E-state index is 0.377. The Morgan fingerprint density at radius 1 is 1.50 bits per heavy atom. The Hall–Kier alpha value is -0.730. The molecule has 3 heteroatoms. The van der Waals surface area contributed by atoms with Crippen LogP contribution in [0.3, 0.4) is 0 Å². The number of rotatable bonds is 4. The lowest BCUT2D eigenvalue weighted by Gasteiger charge is -2.13. The predicted octanol–water partition coefficient (Wildman–Crippen LogP) is 2.80. The monoisotopic (exact) mass is 213 g/mol. The lowest BCUT2D eigenvalue weighted by molar-refractivity contribution is 0.414. The van der Waals surface area contributed by atoms with E-state index in [-0.39, 0.29) is 0 Å². The molecule has 0 heterocycles. The molecule has 0 spiro atoms. The van der Waals surface area contributed by atoms with Gasteiger partial charge in [0.25, 0.3) is 0 Å². The zero-order chi connectivity index (χ0) is 10.6. The Morgan fingerprint density at radius 3 is 2.79 bits per heavy atom. The van der Waals surface area contributed by atoms with E-state index in [0.29, 0.717) is 12.5 Å². The quantitative estimate of drug-likeness (QED) is 0.835. The molecule has 0 bridgehead atoms. The number of hydrogen-bond acceptors (Lipinski definition) is 2. The largest absolute Gasteiger partial charge is 0.497 e. The Bertz CT molecular complexity index is 301. The van der Waals surface area contributed by atoms with E-state index in [1.165, 1.54) is 0 Å². The first-order valence-electron chi connectivity index (χ1n) is 4.72. The third-order valence-corrected chi connectivity index (χ3v) is 2.68. The summed E-state index contributed by atoms with van der Waals surface area (Å²) < 4.78 is 5.15. The Morgan fingerprint density at radius 2 is 2.21 bits per heavy atom. The Balaban J connectivity index is 2.93. The molecule has 0 fully saturated rings. The zero-order valence-corrected chi connectivity index (χ0v) is 9.34. The van der Waals surface area contributed by atoms with Gasteiger partial charge in [-0.2, -0.15) is 0 Å². The van der Waals surface area contributed by atoms with Crippen LogP contribution >= 0.6 is 11.6 Å². The van der Waals surface area contributed by atoms with E-state index in [9.17, 15) is 0 Å². The number of halogens is 1. The lowest BCUT2D eigenvalue weighted by Crippen LogP contribution is -2.05. The van der Waals surface area contributed by atoms with Crippen LogP contribution in [0.5, 0.6) is 5.75 Å². The van der Waals surface area contributed by atoms with Gasteiger partial charge in [0.15, 0.2) is 0 Å². The van der Waals surface area contributed by atoms with Crippen molar-refractivity contribution >= 4 is 11.6 Å². The second-order valence-electron chi connectivity index (χ2n) is 3.37. The highest BCUT2D eigenvalue weighted by atomic mass is 35.5. The summed E-state index contributed by atoms with van der Waals surface area (Å²) in [5.41, 5.74) is 6.62. The van der Waals surface area contributed by atoms with Gasteiger partial charge in [-0.15, -0.1) is 0 Å². The van der Waals surface area contributed by atoms with Crippen molar-refractivity contribution < 1.29 is 4.74 Å².